The minimum Gasteiger partial charge on any atom is -0.355 e. The Bertz CT molecular complexity index is 384. The molecule has 1 aromatic rings. The molecule has 2 atom stereocenters. The summed E-state index contributed by atoms with van der Waals surface area (Å²) < 4.78 is 6.45. The van der Waals surface area contributed by atoms with Gasteiger partial charge in [-0.3, -0.25) is 5.32 Å². The van der Waals surface area contributed by atoms with E-state index in [1.54, 1.807) is 0 Å². The third-order valence-corrected chi connectivity index (χ3v) is 4.40. The largest absolute Gasteiger partial charge is 0.355 e. The summed E-state index contributed by atoms with van der Waals surface area (Å²) in [4.78, 5) is 0. The van der Waals surface area contributed by atoms with Crippen LogP contribution in [0.3, 0.4) is 0 Å². The Morgan fingerprint density at radius 1 is 1.05 bits per heavy atom. The standard InChI is InChI=1S/C18H29NO/c1-4-12-18(13-5-2)16(19-17(6-3)20-18)14-15-10-8-7-9-11-15/h7-11,16-17,19H,4-6,12-14H2,1-3H3/t16-,17-/m0/s1. The molecule has 1 aromatic carbocycles. The van der Waals surface area contributed by atoms with E-state index in [0.29, 0.717) is 6.04 Å². The van der Waals surface area contributed by atoms with Crippen molar-refractivity contribution in [3.8, 4) is 0 Å². The van der Waals surface area contributed by atoms with Crippen molar-refractivity contribution in [1.29, 1.82) is 0 Å². The van der Waals surface area contributed by atoms with Gasteiger partial charge in [0.15, 0.2) is 0 Å². The highest BCUT2D eigenvalue weighted by Gasteiger charge is 2.46. The van der Waals surface area contributed by atoms with Crippen LogP contribution in [0.25, 0.3) is 0 Å². The molecule has 0 amide bonds. The lowest BCUT2D eigenvalue weighted by Gasteiger charge is -2.34. The first-order valence-electron chi connectivity index (χ1n) is 8.22. The Hall–Kier alpha value is -0.860. The summed E-state index contributed by atoms with van der Waals surface area (Å²) in [5, 5.41) is 3.73. The first-order valence-corrected chi connectivity index (χ1v) is 8.22. The van der Waals surface area contributed by atoms with E-state index in [9.17, 15) is 0 Å². The van der Waals surface area contributed by atoms with Crippen LogP contribution in [0.15, 0.2) is 30.3 Å². The highest BCUT2D eigenvalue weighted by Crippen LogP contribution is 2.36. The lowest BCUT2D eigenvalue weighted by atomic mass is 9.82. The third-order valence-electron chi connectivity index (χ3n) is 4.40. The number of ether oxygens (including phenoxy) is 1. The number of hydrogen-bond donors (Lipinski definition) is 1. The first kappa shape index (κ1) is 15.5. The molecule has 0 aromatic heterocycles. The maximum Gasteiger partial charge on any atom is 0.109 e. The fourth-order valence-corrected chi connectivity index (χ4v) is 3.51. The molecule has 1 aliphatic rings. The van der Waals surface area contributed by atoms with Crippen LogP contribution in [0, 0.1) is 0 Å². The third kappa shape index (κ3) is 3.42. The lowest BCUT2D eigenvalue weighted by molar-refractivity contribution is -0.0610. The van der Waals surface area contributed by atoms with Gasteiger partial charge in [0.1, 0.15) is 6.23 Å². The van der Waals surface area contributed by atoms with Crippen molar-refractivity contribution in [3.63, 3.8) is 0 Å². The molecule has 0 bridgehead atoms. The zero-order chi connectivity index (χ0) is 14.4. The summed E-state index contributed by atoms with van der Waals surface area (Å²) in [6.45, 7) is 6.73. The van der Waals surface area contributed by atoms with Crippen LogP contribution in [0.1, 0.15) is 58.4 Å². The van der Waals surface area contributed by atoms with Gasteiger partial charge in [-0.2, -0.15) is 0 Å². The number of rotatable bonds is 7. The molecule has 1 N–H and O–H groups in total. The van der Waals surface area contributed by atoms with Crippen molar-refractivity contribution >= 4 is 0 Å². The molecule has 2 nitrogen and oxygen atoms in total. The van der Waals surface area contributed by atoms with E-state index in [1.165, 1.54) is 18.4 Å². The van der Waals surface area contributed by atoms with Gasteiger partial charge in [-0.05, 0) is 31.2 Å². The summed E-state index contributed by atoms with van der Waals surface area (Å²) in [7, 11) is 0. The van der Waals surface area contributed by atoms with Gasteiger partial charge in [-0.1, -0.05) is 63.9 Å². The van der Waals surface area contributed by atoms with Crippen molar-refractivity contribution < 1.29 is 4.74 Å². The smallest absolute Gasteiger partial charge is 0.109 e. The van der Waals surface area contributed by atoms with Crippen LogP contribution in [-0.4, -0.2) is 17.9 Å². The van der Waals surface area contributed by atoms with Gasteiger partial charge < -0.3 is 4.74 Å². The minimum absolute atomic E-state index is 0.0278. The quantitative estimate of drug-likeness (QED) is 0.801. The zero-order valence-corrected chi connectivity index (χ0v) is 13.2. The molecule has 1 heterocycles. The fraction of sp³-hybridized carbons (Fsp3) is 0.667. The molecule has 1 saturated heterocycles. The molecule has 0 radical (unpaired) electrons. The van der Waals surface area contributed by atoms with Gasteiger partial charge in [0.05, 0.1) is 5.60 Å². The van der Waals surface area contributed by atoms with Crippen LogP contribution in [0.4, 0.5) is 0 Å². The summed E-state index contributed by atoms with van der Waals surface area (Å²) in [6.07, 6.45) is 7.01. The monoisotopic (exact) mass is 275 g/mol. The predicted octanol–water partition coefficient (Wildman–Crippen LogP) is 4.29. The Morgan fingerprint density at radius 3 is 2.25 bits per heavy atom. The highest BCUT2D eigenvalue weighted by molar-refractivity contribution is 5.18. The van der Waals surface area contributed by atoms with Gasteiger partial charge >= 0.3 is 0 Å². The molecular formula is C18H29NO. The first-order chi connectivity index (χ1) is 9.74. The van der Waals surface area contributed by atoms with Gasteiger partial charge in [-0.15, -0.1) is 0 Å². The van der Waals surface area contributed by atoms with Gasteiger partial charge in [0.2, 0.25) is 0 Å². The van der Waals surface area contributed by atoms with Crippen molar-refractivity contribution in [2.45, 2.75) is 77.2 Å². The van der Waals surface area contributed by atoms with E-state index in [4.69, 9.17) is 4.74 Å². The van der Waals surface area contributed by atoms with Crippen molar-refractivity contribution in [1.82, 2.24) is 5.32 Å². The fourth-order valence-electron chi connectivity index (χ4n) is 3.51. The molecule has 2 heteroatoms. The molecule has 1 fully saturated rings. The second-order valence-corrected chi connectivity index (χ2v) is 5.99. The van der Waals surface area contributed by atoms with E-state index in [2.05, 4.69) is 56.4 Å². The lowest BCUT2D eigenvalue weighted by Crippen LogP contribution is -2.45. The average Bonchev–Trinajstić information content (AvgIpc) is 2.79. The van der Waals surface area contributed by atoms with Crippen LogP contribution in [0.2, 0.25) is 0 Å². The molecule has 2 rings (SSSR count). The molecule has 0 spiro atoms. The molecule has 0 aliphatic carbocycles. The van der Waals surface area contributed by atoms with Crippen molar-refractivity contribution in [2.24, 2.45) is 0 Å². The Morgan fingerprint density at radius 2 is 1.70 bits per heavy atom. The summed E-state index contributed by atoms with van der Waals surface area (Å²) in [5.74, 6) is 0. The van der Waals surface area contributed by atoms with Gasteiger partial charge in [0.25, 0.3) is 0 Å². The van der Waals surface area contributed by atoms with Crippen molar-refractivity contribution in [2.75, 3.05) is 0 Å². The second-order valence-electron chi connectivity index (χ2n) is 5.99. The normalized spacial score (nSPS) is 24.9. The van der Waals surface area contributed by atoms with E-state index in [-0.39, 0.29) is 11.8 Å². The molecule has 0 unspecified atom stereocenters. The van der Waals surface area contributed by atoms with E-state index in [1.807, 2.05) is 0 Å². The van der Waals surface area contributed by atoms with Crippen LogP contribution >= 0.6 is 0 Å². The maximum absolute atomic E-state index is 6.45. The Labute approximate surface area is 123 Å². The number of hydrogen-bond acceptors (Lipinski definition) is 2. The average molecular weight is 275 g/mol. The predicted molar refractivity (Wildman–Crippen MR) is 84.8 cm³/mol. The number of nitrogens with one attached hydrogen (secondary N) is 1. The topological polar surface area (TPSA) is 21.3 Å². The highest BCUT2D eigenvalue weighted by atomic mass is 16.5. The van der Waals surface area contributed by atoms with E-state index < -0.39 is 0 Å². The van der Waals surface area contributed by atoms with Crippen LogP contribution in [-0.2, 0) is 11.2 Å². The van der Waals surface area contributed by atoms with Crippen LogP contribution in [0.5, 0.6) is 0 Å². The molecular weight excluding hydrogens is 246 g/mol. The summed E-state index contributed by atoms with van der Waals surface area (Å²) >= 11 is 0. The Balaban J connectivity index is 2.17. The summed E-state index contributed by atoms with van der Waals surface area (Å²) in [6, 6.07) is 11.2. The zero-order valence-electron chi connectivity index (χ0n) is 13.2. The number of benzene rings is 1. The molecule has 112 valence electrons. The Kier molecular flexibility index (Phi) is 5.62. The molecule has 20 heavy (non-hydrogen) atoms. The molecule has 1 aliphatic heterocycles. The SMILES string of the molecule is CCCC1(CCC)O[C@@H](CC)N[C@H]1Cc1ccccc1. The summed E-state index contributed by atoms with van der Waals surface area (Å²) in [5.41, 5.74) is 1.43. The maximum atomic E-state index is 6.45. The van der Waals surface area contributed by atoms with E-state index >= 15 is 0 Å². The molecule has 0 saturated carbocycles. The second kappa shape index (κ2) is 7.24. The van der Waals surface area contributed by atoms with E-state index in [0.717, 1.165) is 25.7 Å². The van der Waals surface area contributed by atoms with Gasteiger partial charge in [-0.25, -0.2) is 0 Å². The minimum atomic E-state index is 0.0278. The van der Waals surface area contributed by atoms with Gasteiger partial charge in [0, 0.05) is 6.04 Å². The van der Waals surface area contributed by atoms with Crippen LogP contribution < -0.4 is 5.32 Å². The van der Waals surface area contributed by atoms with Crippen molar-refractivity contribution in [3.05, 3.63) is 35.9 Å².